The van der Waals surface area contributed by atoms with Crippen molar-refractivity contribution in [2.75, 3.05) is 45.9 Å². The minimum Gasteiger partial charge on any atom is -0.379 e. The Morgan fingerprint density at radius 1 is 1.30 bits per heavy atom. The van der Waals surface area contributed by atoms with Crippen LogP contribution in [0, 0.1) is 11.7 Å². The zero-order chi connectivity index (χ0) is 19.2. The number of morpholine rings is 1. The third-order valence-corrected chi connectivity index (χ3v) is 5.25. The van der Waals surface area contributed by atoms with Gasteiger partial charge in [0.1, 0.15) is 5.82 Å². The van der Waals surface area contributed by atoms with E-state index >= 15 is 0 Å². The van der Waals surface area contributed by atoms with E-state index in [0.717, 1.165) is 32.8 Å². The molecule has 1 aromatic rings. The molecular formula is C20H28FN3O3. The van der Waals surface area contributed by atoms with Crippen LogP contribution in [0.5, 0.6) is 0 Å². The summed E-state index contributed by atoms with van der Waals surface area (Å²) in [7, 11) is 0. The van der Waals surface area contributed by atoms with E-state index in [0.29, 0.717) is 25.1 Å². The maximum atomic E-state index is 13.8. The highest BCUT2D eigenvalue weighted by atomic mass is 19.1. The average Bonchev–Trinajstić information content (AvgIpc) is 3.04. The quantitative estimate of drug-likeness (QED) is 0.772. The molecule has 1 N–H and O–H groups in total. The summed E-state index contributed by atoms with van der Waals surface area (Å²) in [6.45, 7) is 7.02. The molecule has 2 aliphatic rings. The van der Waals surface area contributed by atoms with E-state index in [1.54, 1.807) is 23.1 Å². The van der Waals surface area contributed by atoms with Crippen LogP contribution in [0.2, 0.25) is 0 Å². The van der Waals surface area contributed by atoms with Gasteiger partial charge in [0.25, 0.3) is 0 Å². The van der Waals surface area contributed by atoms with Crippen LogP contribution < -0.4 is 5.32 Å². The van der Waals surface area contributed by atoms with Crippen LogP contribution in [-0.4, -0.2) is 73.6 Å². The number of nitrogens with one attached hydrogen (secondary N) is 1. The number of hydrogen-bond acceptors (Lipinski definition) is 4. The fourth-order valence-electron chi connectivity index (χ4n) is 3.66. The molecule has 2 aliphatic heterocycles. The van der Waals surface area contributed by atoms with E-state index in [4.69, 9.17) is 4.74 Å². The number of ether oxygens (including phenoxy) is 1. The third kappa shape index (κ3) is 5.49. The van der Waals surface area contributed by atoms with Gasteiger partial charge in [-0.1, -0.05) is 18.2 Å². The molecule has 0 radical (unpaired) electrons. The normalized spacial score (nSPS) is 22.1. The van der Waals surface area contributed by atoms with Gasteiger partial charge in [-0.15, -0.1) is 0 Å². The molecule has 2 heterocycles. The molecule has 7 heteroatoms. The Hall–Kier alpha value is -1.99. The van der Waals surface area contributed by atoms with Crippen LogP contribution in [0.15, 0.2) is 24.3 Å². The number of hydrogen-bond donors (Lipinski definition) is 1. The highest BCUT2D eigenvalue weighted by Crippen LogP contribution is 2.18. The second-order valence-corrected chi connectivity index (χ2v) is 7.40. The molecule has 0 aromatic heterocycles. The van der Waals surface area contributed by atoms with E-state index in [-0.39, 0.29) is 36.0 Å². The predicted molar refractivity (Wildman–Crippen MR) is 99.7 cm³/mol. The fourth-order valence-corrected chi connectivity index (χ4v) is 3.66. The zero-order valence-electron chi connectivity index (χ0n) is 15.8. The first kappa shape index (κ1) is 19.8. The van der Waals surface area contributed by atoms with Crippen molar-refractivity contribution >= 4 is 11.8 Å². The number of likely N-dealkylation sites (tertiary alicyclic amines) is 1. The molecule has 0 bridgehead atoms. The molecule has 0 aliphatic carbocycles. The van der Waals surface area contributed by atoms with E-state index in [1.807, 2.05) is 6.92 Å². The number of rotatable bonds is 7. The SMILES string of the molecule is C[C@H](Cc1ccccc1F)NC(=O)[C@@H]1CC(=O)N(CCN2CCOCC2)C1. The summed E-state index contributed by atoms with van der Waals surface area (Å²) in [5, 5.41) is 2.93. The highest BCUT2D eigenvalue weighted by molar-refractivity contribution is 5.89. The molecule has 2 amide bonds. The minimum atomic E-state index is -0.328. The summed E-state index contributed by atoms with van der Waals surface area (Å²) < 4.78 is 19.1. The van der Waals surface area contributed by atoms with Gasteiger partial charge in [-0.25, -0.2) is 4.39 Å². The number of nitrogens with zero attached hydrogens (tertiary/aromatic N) is 2. The van der Waals surface area contributed by atoms with Crippen molar-refractivity contribution in [1.82, 2.24) is 15.1 Å². The number of benzene rings is 1. The van der Waals surface area contributed by atoms with Gasteiger partial charge in [-0.3, -0.25) is 14.5 Å². The van der Waals surface area contributed by atoms with Gasteiger partial charge in [-0.2, -0.15) is 0 Å². The lowest BCUT2D eigenvalue weighted by molar-refractivity contribution is -0.129. The molecular weight excluding hydrogens is 349 g/mol. The lowest BCUT2D eigenvalue weighted by Gasteiger charge is -2.28. The van der Waals surface area contributed by atoms with Gasteiger partial charge in [0.15, 0.2) is 0 Å². The Balaban J connectivity index is 1.44. The molecule has 27 heavy (non-hydrogen) atoms. The second-order valence-electron chi connectivity index (χ2n) is 7.40. The molecule has 2 fully saturated rings. The van der Waals surface area contributed by atoms with Crippen molar-refractivity contribution in [3.05, 3.63) is 35.6 Å². The number of amides is 2. The molecule has 0 saturated carbocycles. The van der Waals surface area contributed by atoms with E-state index in [9.17, 15) is 14.0 Å². The number of carbonyl (C=O) groups excluding carboxylic acids is 2. The third-order valence-electron chi connectivity index (χ3n) is 5.25. The van der Waals surface area contributed by atoms with Gasteiger partial charge in [-0.05, 0) is 25.0 Å². The van der Waals surface area contributed by atoms with Crippen LogP contribution in [0.4, 0.5) is 4.39 Å². The van der Waals surface area contributed by atoms with E-state index in [2.05, 4.69) is 10.2 Å². The monoisotopic (exact) mass is 377 g/mol. The summed E-state index contributed by atoms with van der Waals surface area (Å²) in [6.07, 6.45) is 0.682. The van der Waals surface area contributed by atoms with Gasteiger partial charge in [0, 0.05) is 45.2 Å². The number of halogens is 1. The van der Waals surface area contributed by atoms with Crippen molar-refractivity contribution in [2.24, 2.45) is 5.92 Å². The first-order valence-corrected chi connectivity index (χ1v) is 9.64. The van der Waals surface area contributed by atoms with Crippen LogP contribution in [0.1, 0.15) is 18.9 Å². The van der Waals surface area contributed by atoms with E-state index in [1.165, 1.54) is 6.07 Å². The molecule has 1 aromatic carbocycles. The molecule has 6 nitrogen and oxygen atoms in total. The van der Waals surface area contributed by atoms with Gasteiger partial charge in [0.2, 0.25) is 11.8 Å². The standard InChI is InChI=1S/C20H28FN3O3/c1-15(12-16-4-2-3-5-18(16)21)22-20(26)17-13-19(25)24(14-17)7-6-23-8-10-27-11-9-23/h2-5,15,17H,6-14H2,1H3,(H,22,26)/t15-,17-/m1/s1. The van der Waals surface area contributed by atoms with Crippen molar-refractivity contribution in [1.29, 1.82) is 0 Å². The maximum absolute atomic E-state index is 13.8. The number of carbonyl (C=O) groups is 2. The summed E-state index contributed by atoms with van der Waals surface area (Å²) in [5.74, 6) is -0.680. The van der Waals surface area contributed by atoms with Gasteiger partial charge < -0.3 is 15.0 Å². The lowest BCUT2D eigenvalue weighted by atomic mass is 10.0. The molecule has 0 unspecified atom stereocenters. The minimum absolute atomic E-state index is 0.0326. The summed E-state index contributed by atoms with van der Waals surface area (Å²) in [4.78, 5) is 28.8. The highest BCUT2D eigenvalue weighted by Gasteiger charge is 2.34. The molecule has 0 spiro atoms. The Morgan fingerprint density at radius 2 is 2.04 bits per heavy atom. The fraction of sp³-hybridized carbons (Fsp3) is 0.600. The average molecular weight is 377 g/mol. The topological polar surface area (TPSA) is 61.9 Å². The zero-order valence-corrected chi connectivity index (χ0v) is 15.8. The largest absolute Gasteiger partial charge is 0.379 e. The summed E-state index contributed by atoms with van der Waals surface area (Å²) >= 11 is 0. The summed E-state index contributed by atoms with van der Waals surface area (Å²) in [6, 6.07) is 6.40. The Labute approximate surface area is 159 Å². The van der Waals surface area contributed by atoms with Crippen LogP contribution in [0.3, 0.4) is 0 Å². The lowest BCUT2D eigenvalue weighted by Crippen LogP contribution is -2.42. The van der Waals surface area contributed by atoms with Crippen LogP contribution in [-0.2, 0) is 20.7 Å². The van der Waals surface area contributed by atoms with E-state index < -0.39 is 0 Å². The Bertz CT molecular complexity index is 664. The van der Waals surface area contributed by atoms with Gasteiger partial charge in [0.05, 0.1) is 19.1 Å². The van der Waals surface area contributed by atoms with Gasteiger partial charge >= 0.3 is 0 Å². The van der Waals surface area contributed by atoms with Crippen molar-refractivity contribution in [2.45, 2.75) is 25.8 Å². The second kappa shape index (κ2) is 9.28. The smallest absolute Gasteiger partial charge is 0.225 e. The predicted octanol–water partition coefficient (Wildman–Crippen LogP) is 1.05. The molecule has 2 saturated heterocycles. The maximum Gasteiger partial charge on any atom is 0.225 e. The van der Waals surface area contributed by atoms with Crippen LogP contribution >= 0.6 is 0 Å². The summed E-state index contributed by atoms with van der Waals surface area (Å²) in [5.41, 5.74) is 0.583. The first-order chi connectivity index (χ1) is 13.0. The molecule has 2 atom stereocenters. The van der Waals surface area contributed by atoms with Crippen LogP contribution in [0.25, 0.3) is 0 Å². The Morgan fingerprint density at radius 3 is 2.78 bits per heavy atom. The van der Waals surface area contributed by atoms with Crippen molar-refractivity contribution < 1.29 is 18.7 Å². The van der Waals surface area contributed by atoms with Crippen molar-refractivity contribution in [3.63, 3.8) is 0 Å². The molecule has 148 valence electrons. The van der Waals surface area contributed by atoms with Crippen molar-refractivity contribution in [3.8, 4) is 0 Å². The molecule has 3 rings (SSSR count). The first-order valence-electron chi connectivity index (χ1n) is 9.64. The Kier molecular flexibility index (Phi) is 6.79.